The number of fused-ring (bicyclic) bond motifs is 1. The highest BCUT2D eigenvalue weighted by atomic mass is 32.2. The van der Waals surface area contributed by atoms with Crippen LogP contribution in [0.5, 0.6) is 0 Å². The first kappa shape index (κ1) is 23.3. The van der Waals surface area contributed by atoms with Gasteiger partial charge in [0.1, 0.15) is 0 Å². The van der Waals surface area contributed by atoms with Crippen LogP contribution >= 0.6 is 0 Å². The van der Waals surface area contributed by atoms with Crippen LogP contribution in [0.2, 0.25) is 0 Å². The van der Waals surface area contributed by atoms with Crippen LogP contribution in [0, 0.1) is 6.92 Å². The van der Waals surface area contributed by atoms with Crippen molar-refractivity contribution in [3.8, 4) is 0 Å². The van der Waals surface area contributed by atoms with E-state index in [9.17, 15) is 18.0 Å². The largest absolute Gasteiger partial charge is 0.328 e. The molecule has 1 aromatic heterocycles. The van der Waals surface area contributed by atoms with Crippen LogP contribution in [0.15, 0.2) is 71.5 Å². The number of hydrogen-bond donors (Lipinski definition) is 1. The third kappa shape index (κ3) is 4.47. The SMILES string of the molecule is Cc1ccccc1CN(c1ccc(C(=O)Nc2ccc3c(c2)n(C)c(=O)n3C)cc1)S(C)(=O)=O. The summed E-state index contributed by atoms with van der Waals surface area (Å²) in [6.45, 7) is 2.14. The van der Waals surface area contributed by atoms with Gasteiger partial charge in [-0.2, -0.15) is 0 Å². The summed E-state index contributed by atoms with van der Waals surface area (Å²) in [5, 5.41) is 2.84. The smallest absolute Gasteiger partial charge is 0.322 e. The van der Waals surface area contributed by atoms with Gasteiger partial charge in [-0.15, -0.1) is 0 Å². The van der Waals surface area contributed by atoms with Crippen molar-refractivity contribution < 1.29 is 13.2 Å². The first-order valence-corrected chi connectivity index (χ1v) is 12.5. The molecule has 0 unspecified atom stereocenters. The second-order valence-electron chi connectivity index (χ2n) is 8.30. The minimum Gasteiger partial charge on any atom is -0.322 e. The minimum atomic E-state index is -3.54. The Morgan fingerprint density at radius 3 is 2.24 bits per heavy atom. The number of carbonyl (C=O) groups excluding carboxylic acids is 1. The summed E-state index contributed by atoms with van der Waals surface area (Å²) in [6.07, 6.45) is 1.17. The number of rotatable bonds is 6. The molecule has 0 fully saturated rings. The van der Waals surface area contributed by atoms with Gasteiger partial charge in [-0.05, 0) is 60.5 Å². The molecular formula is C25H26N4O4S. The summed E-state index contributed by atoms with van der Waals surface area (Å²) < 4.78 is 29.4. The molecule has 1 amide bonds. The molecule has 0 aliphatic rings. The van der Waals surface area contributed by atoms with E-state index in [-0.39, 0.29) is 18.1 Å². The predicted molar refractivity (Wildman–Crippen MR) is 135 cm³/mol. The zero-order chi connectivity index (χ0) is 24.6. The second-order valence-corrected chi connectivity index (χ2v) is 10.2. The summed E-state index contributed by atoms with van der Waals surface area (Å²) in [5.41, 5.74) is 4.65. The van der Waals surface area contributed by atoms with Gasteiger partial charge in [0.05, 0.1) is 29.5 Å². The Kier molecular flexibility index (Phi) is 6.05. The van der Waals surface area contributed by atoms with Gasteiger partial charge < -0.3 is 5.32 Å². The van der Waals surface area contributed by atoms with Gasteiger partial charge in [-0.3, -0.25) is 18.2 Å². The highest BCUT2D eigenvalue weighted by molar-refractivity contribution is 7.92. The predicted octanol–water partition coefficient (Wildman–Crippen LogP) is 3.40. The van der Waals surface area contributed by atoms with Gasteiger partial charge >= 0.3 is 5.69 Å². The number of benzene rings is 3. The Morgan fingerprint density at radius 1 is 0.941 bits per heavy atom. The number of carbonyl (C=O) groups is 1. The fourth-order valence-electron chi connectivity index (χ4n) is 3.91. The maximum Gasteiger partial charge on any atom is 0.328 e. The summed E-state index contributed by atoms with van der Waals surface area (Å²) in [6, 6.07) is 19.3. The van der Waals surface area contributed by atoms with Gasteiger partial charge in [0.2, 0.25) is 10.0 Å². The van der Waals surface area contributed by atoms with Crippen LogP contribution in [-0.2, 0) is 30.7 Å². The van der Waals surface area contributed by atoms with Crippen LogP contribution in [0.25, 0.3) is 11.0 Å². The van der Waals surface area contributed by atoms with E-state index in [1.165, 1.54) is 15.1 Å². The van der Waals surface area contributed by atoms with E-state index >= 15 is 0 Å². The maximum atomic E-state index is 12.8. The topological polar surface area (TPSA) is 93.4 Å². The van der Waals surface area contributed by atoms with E-state index in [4.69, 9.17) is 0 Å². The van der Waals surface area contributed by atoms with Crippen molar-refractivity contribution in [2.75, 3.05) is 15.9 Å². The molecule has 0 spiro atoms. The molecule has 9 heteroatoms. The number of nitrogens with zero attached hydrogens (tertiary/aromatic N) is 3. The number of sulfonamides is 1. The zero-order valence-corrected chi connectivity index (χ0v) is 20.3. The van der Waals surface area contributed by atoms with E-state index in [1.54, 1.807) is 61.1 Å². The number of aromatic nitrogens is 2. The molecule has 176 valence electrons. The first-order chi connectivity index (χ1) is 16.1. The van der Waals surface area contributed by atoms with E-state index < -0.39 is 10.0 Å². The number of amides is 1. The minimum absolute atomic E-state index is 0.143. The van der Waals surface area contributed by atoms with Crippen molar-refractivity contribution in [1.82, 2.24) is 9.13 Å². The molecule has 0 aliphatic heterocycles. The summed E-state index contributed by atoms with van der Waals surface area (Å²) in [5.74, 6) is -0.336. The number of imidazole rings is 1. The van der Waals surface area contributed by atoms with Crippen molar-refractivity contribution in [1.29, 1.82) is 0 Å². The quantitative estimate of drug-likeness (QED) is 0.460. The van der Waals surface area contributed by atoms with Gasteiger partial charge in [0.15, 0.2) is 0 Å². The summed E-state index contributed by atoms with van der Waals surface area (Å²) in [7, 11) is -0.160. The van der Waals surface area contributed by atoms with E-state index in [1.807, 2.05) is 31.2 Å². The maximum absolute atomic E-state index is 12.8. The fourth-order valence-corrected chi connectivity index (χ4v) is 4.79. The van der Waals surface area contributed by atoms with E-state index in [0.717, 1.165) is 16.6 Å². The zero-order valence-electron chi connectivity index (χ0n) is 19.4. The molecule has 8 nitrogen and oxygen atoms in total. The molecule has 0 bridgehead atoms. The molecule has 0 atom stereocenters. The molecule has 0 saturated heterocycles. The third-order valence-corrected chi connectivity index (χ3v) is 7.06. The highest BCUT2D eigenvalue weighted by Gasteiger charge is 2.19. The highest BCUT2D eigenvalue weighted by Crippen LogP contribution is 2.23. The monoisotopic (exact) mass is 478 g/mol. The molecule has 0 radical (unpaired) electrons. The lowest BCUT2D eigenvalue weighted by Crippen LogP contribution is -2.29. The molecule has 1 heterocycles. The molecule has 1 N–H and O–H groups in total. The average molecular weight is 479 g/mol. The van der Waals surface area contributed by atoms with Crippen molar-refractivity contribution in [2.45, 2.75) is 13.5 Å². The van der Waals surface area contributed by atoms with E-state index in [0.29, 0.717) is 22.5 Å². The Bertz CT molecular complexity index is 1550. The van der Waals surface area contributed by atoms with Crippen molar-refractivity contribution in [3.05, 3.63) is 93.9 Å². The molecule has 4 rings (SSSR count). The van der Waals surface area contributed by atoms with Gasteiger partial charge in [0.25, 0.3) is 5.91 Å². The molecular weight excluding hydrogens is 452 g/mol. The average Bonchev–Trinajstić information content (AvgIpc) is 3.01. The lowest BCUT2D eigenvalue weighted by molar-refractivity contribution is 0.102. The van der Waals surface area contributed by atoms with Crippen molar-refractivity contribution in [2.24, 2.45) is 14.1 Å². The number of aryl methyl sites for hydroxylation is 3. The second kappa shape index (κ2) is 8.83. The Morgan fingerprint density at radius 2 is 1.59 bits per heavy atom. The first-order valence-electron chi connectivity index (χ1n) is 10.7. The van der Waals surface area contributed by atoms with Crippen LogP contribution in [0.4, 0.5) is 11.4 Å². The van der Waals surface area contributed by atoms with Gasteiger partial charge in [-0.1, -0.05) is 24.3 Å². The van der Waals surface area contributed by atoms with Crippen LogP contribution in [-0.4, -0.2) is 29.7 Å². The lowest BCUT2D eigenvalue weighted by Gasteiger charge is -2.23. The molecule has 0 saturated carbocycles. The molecule has 3 aromatic carbocycles. The Labute approximate surface area is 198 Å². The van der Waals surface area contributed by atoms with E-state index in [2.05, 4.69) is 5.32 Å². The number of hydrogen-bond acceptors (Lipinski definition) is 4. The van der Waals surface area contributed by atoms with Crippen LogP contribution in [0.3, 0.4) is 0 Å². The van der Waals surface area contributed by atoms with Gasteiger partial charge in [-0.25, -0.2) is 13.2 Å². The Hall–Kier alpha value is -3.85. The van der Waals surface area contributed by atoms with Crippen molar-refractivity contribution in [3.63, 3.8) is 0 Å². The third-order valence-electron chi connectivity index (χ3n) is 5.92. The van der Waals surface area contributed by atoms with Crippen LogP contribution < -0.4 is 15.3 Å². The standard InChI is InChI=1S/C25H26N4O4S/c1-17-7-5-6-8-19(17)16-29(34(4,32)33)21-12-9-18(10-13-21)24(30)26-20-11-14-22-23(15-20)28(3)25(31)27(22)2/h5-15H,16H2,1-4H3,(H,26,30). The van der Waals surface area contributed by atoms with Crippen molar-refractivity contribution >= 4 is 38.3 Å². The molecule has 34 heavy (non-hydrogen) atoms. The molecule has 0 aliphatic carbocycles. The summed E-state index contributed by atoms with van der Waals surface area (Å²) in [4.78, 5) is 24.9. The lowest BCUT2D eigenvalue weighted by atomic mass is 10.1. The summed E-state index contributed by atoms with van der Waals surface area (Å²) >= 11 is 0. The normalized spacial score (nSPS) is 11.5. The fraction of sp³-hybridized carbons (Fsp3) is 0.200. The number of nitrogens with one attached hydrogen (secondary N) is 1. The van der Waals surface area contributed by atoms with Crippen LogP contribution in [0.1, 0.15) is 21.5 Å². The number of anilines is 2. The van der Waals surface area contributed by atoms with Gasteiger partial charge in [0, 0.05) is 25.3 Å². The molecule has 4 aromatic rings. The Balaban J connectivity index is 1.57.